The average molecular weight is 464 g/mol. The maximum Gasteiger partial charge on any atom is 0.339 e. The highest BCUT2D eigenvalue weighted by Gasteiger charge is 2.10. The van der Waals surface area contributed by atoms with Crippen molar-refractivity contribution in [2.45, 2.75) is 110 Å². The van der Waals surface area contributed by atoms with Crippen LogP contribution >= 0.6 is 0 Å². The van der Waals surface area contributed by atoms with Gasteiger partial charge in [0, 0.05) is 12.5 Å². The van der Waals surface area contributed by atoms with Gasteiger partial charge in [-0.1, -0.05) is 96.8 Å². The molecule has 0 heterocycles. The molecule has 0 aliphatic carbocycles. The second kappa shape index (κ2) is 19.2. The van der Waals surface area contributed by atoms with Crippen LogP contribution in [0.2, 0.25) is 0 Å². The van der Waals surface area contributed by atoms with Gasteiger partial charge in [-0.05, 0) is 18.6 Å². The molecular formula is C27H45NO5. The molecule has 0 bridgehead atoms. The molecule has 1 rings (SSSR count). The fourth-order valence-electron chi connectivity index (χ4n) is 3.89. The predicted octanol–water partition coefficient (Wildman–Crippen LogP) is 6.85. The number of carbonyl (C=O) groups excluding carboxylic acids is 1. The Bertz CT molecular complexity index is 662. The van der Waals surface area contributed by atoms with Crippen LogP contribution in [0.5, 0.6) is 11.5 Å². The zero-order chi connectivity index (χ0) is 24.2. The minimum Gasteiger partial charge on any atom is -0.507 e. The molecule has 33 heavy (non-hydrogen) atoms. The van der Waals surface area contributed by atoms with Crippen LogP contribution in [0, 0.1) is 0 Å². The lowest BCUT2D eigenvalue weighted by atomic mass is 10.0. The summed E-state index contributed by atoms with van der Waals surface area (Å²) in [5.41, 5.74) is -0.167. The number of unbranched alkanes of at least 4 members (excludes halogenated alkanes) is 14. The van der Waals surface area contributed by atoms with Crippen LogP contribution in [0.1, 0.15) is 120 Å². The van der Waals surface area contributed by atoms with E-state index in [1.165, 1.54) is 102 Å². The van der Waals surface area contributed by atoms with Crippen molar-refractivity contribution in [3.05, 3.63) is 23.8 Å². The van der Waals surface area contributed by atoms with Gasteiger partial charge in [-0.25, -0.2) is 4.79 Å². The second-order valence-electron chi connectivity index (χ2n) is 8.88. The van der Waals surface area contributed by atoms with Crippen molar-refractivity contribution in [3.8, 4) is 11.5 Å². The Hall–Kier alpha value is -2.24. The topological polar surface area (TPSA) is 95.9 Å². The largest absolute Gasteiger partial charge is 0.507 e. The van der Waals surface area contributed by atoms with E-state index < -0.39 is 5.97 Å². The first-order valence-electron chi connectivity index (χ1n) is 13.0. The number of carbonyl (C=O) groups is 2. The maximum absolute atomic E-state index is 11.9. The zero-order valence-electron chi connectivity index (χ0n) is 20.6. The lowest BCUT2D eigenvalue weighted by molar-refractivity contribution is -0.121. The van der Waals surface area contributed by atoms with Crippen LogP contribution in [0.15, 0.2) is 18.2 Å². The molecule has 0 fully saturated rings. The number of nitrogens with one attached hydrogen (secondary N) is 1. The first-order valence-corrected chi connectivity index (χ1v) is 13.0. The highest BCUT2D eigenvalue weighted by molar-refractivity contribution is 5.90. The lowest BCUT2D eigenvalue weighted by Crippen LogP contribution is -2.27. The molecule has 0 unspecified atom stereocenters. The van der Waals surface area contributed by atoms with Crippen LogP contribution in [0.25, 0.3) is 0 Å². The smallest absolute Gasteiger partial charge is 0.339 e. The Balaban J connectivity index is 1.88. The van der Waals surface area contributed by atoms with Gasteiger partial charge in [0.25, 0.3) is 0 Å². The summed E-state index contributed by atoms with van der Waals surface area (Å²) in [6.07, 6.45) is 20.1. The normalized spacial score (nSPS) is 10.8. The molecule has 0 saturated heterocycles. The fourth-order valence-corrected chi connectivity index (χ4v) is 3.89. The SMILES string of the molecule is CCCCCCCCCCCCCCCCCC(=O)NCCOc1ccc(C(=O)O)c(O)c1. The van der Waals surface area contributed by atoms with Crippen LogP contribution in [-0.2, 0) is 4.79 Å². The third-order valence-corrected chi connectivity index (χ3v) is 5.90. The number of carboxylic acids is 1. The van der Waals surface area contributed by atoms with Crippen LogP contribution < -0.4 is 10.1 Å². The molecule has 0 spiro atoms. The van der Waals surface area contributed by atoms with E-state index in [4.69, 9.17) is 9.84 Å². The predicted molar refractivity (Wildman–Crippen MR) is 133 cm³/mol. The molecule has 0 aliphatic heterocycles. The number of phenols is 1. The first-order chi connectivity index (χ1) is 16.0. The van der Waals surface area contributed by atoms with Crippen LogP contribution in [0.3, 0.4) is 0 Å². The fraction of sp³-hybridized carbons (Fsp3) is 0.704. The van der Waals surface area contributed by atoms with Gasteiger partial charge >= 0.3 is 5.97 Å². The van der Waals surface area contributed by atoms with Gasteiger partial charge in [0.15, 0.2) is 0 Å². The monoisotopic (exact) mass is 463 g/mol. The Morgan fingerprint density at radius 2 is 1.33 bits per heavy atom. The molecule has 188 valence electrons. The molecule has 0 aliphatic rings. The highest BCUT2D eigenvalue weighted by atomic mass is 16.5. The summed E-state index contributed by atoms with van der Waals surface area (Å²) in [5.74, 6) is -1.13. The summed E-state index contributed by atoms with van der Waals surface area (Å²) in [7, 11) is 0. The van der Waals surface area contributed by atoms with Crippen molar-refractivity contribution < 1.29 is 24.5 Å². The number of hydrogen-bond donors (Lipinski definition) is 3. The molecule has 3 N–H and O–H groups in total. The summed E-state index contributed by atoms with van der Waals surface area (Å²) in [6.45, 7) is 2.90. The second-order valence-corrected chi connectivity index (χ2v) is 8.88. The van der Waals surface area contributed by atoms with Crippen molar-refractivity contribution >= 4 is 11.9 Å². The van der Waals surface area contributed by atoms with E-state index in [1.54, 1.807) is 0 Å². The summed E-state index contributed by atoms with van der Waals surface area (Å²) in [4.78, 5) is 22.8. The molecule has 1 aromatic carbocycles. The Morgan fingerprint density at radius 1 is 0.818 bits per heavy atom. The van der Waals surface area contributed by atoms with Crippen molar-refractivity contribution in [1.29, 1.82) is 0 Å². The van der Waals surface area contributed by atoms with E-state index in [-0.39, 0.29) is 23.8 Å². The Morgan fingerprint density at radius 3 is 1.82 bits per heavy atom. The first kappa shape index (κ1) is 28.8. The molecule has 1 amide bonds. The van der Waals surface area contributed by atoms with E-state index in [0.29, 0.717) is 18.7 Å². The number of benzene rings is 1. The Labute approximate surface area is 200 Å². The van der Waals surface area contributed by atoms with Gasteiger partial charge in [-0.2, -0.15) is 0 Å². The molecule has 6 nitrogen and oxygen atoms in total. The third-order valence-electron chi connectivity index (χ3n) is 5.90. The molecule has 0 aromatic heterocycles. The van der Waals surface area contributed by atoms with Crippen molar-refractivity contribution in [2.24, 2.45) is 0 Å². The van der Waals surface area contributed by atoms with Gasteiger partial charge in [-0.15, -0.1) is 0 Å². The van der Waals surface area contributed by atoms with Gasteiger partial charge in [0.05, 0.1) is 6.54 Å². The minimum absolute atomic E-state index is 0.0253. The summed E-state index contributed by atoms with van der Waals surface area (Å²) in [5, 5.41) is 21.4. The van der Waals surface area contributed by atoms with Gasteiger partial charge in [0.1, 0.15) is 23.7 Å². The molecule has 1 aromatic rings. The summed E-state index contributed by atoms with van der Waals surface area (Å²) in [6, 6.07) is 4.05. The standard InChI is InChI=1S/C27H45NO5/c1-2-3-4-5-6-7-8-9-10-11-12-13-14-15-16-17-26(30)28-20-21-33-23-18-19-24(27(31)32)25(29)22-23/h18-19,22,29H,2-17,20-21H2,1H3,(H,28,30)(H,31,32). The van der Waals surface area contributed by atoms with E-state index in [9.17, 15) is 14.7 Å². The molecule has 0 atom stereocenters. The summed E-state index contributed by atoms with van der Waals surface area (Å²) < 4.78 is 5.44. The van der Waals surface area contributed by atoms with E-state index >= 15 is 0 Å². The number of carboxylic acid groups (broad SMARTS) is 1. The molecule has 6 heteroatoms. The van der Waals surface area contributed by atoms with E-state index in [0.717, 1.165) is 12.8 Å². The molecule has 0 saturated carbocycles. The maximum atomic E-state index is 11.9. The average Bonchev–Trinajstić information content (AvgIpc) is 2.79. The zero-order valence-corrected chi connectivity index (χ0v) is 20.6. The van der Waals surface area contributed by atoms with Crippen molar-refractivity contribution in [2.75, 3.05) is 13.2 Å². The number of rotatable bonds is 21. The van der Waals surface area contributed by atoms with Crippen LogP contribution in [0.4, 0.5) is 0 Å². The van der Waals surface area contributed by atoms with Crippen LogP contribution in [-0.4, -0.2) is 35.2 Å². The number of hydrogen-bond acceptors (Lipinski definition) is 4. The van der Waals surface area contributed by atoms with Gasteiger partial charge in [-0.3, -0.25) is 4.79 Å². The molecule has 0 radical (unpaired) electrons. The number of ether oxygens (including phenoxy) is 1. The van der Waals surface area contributed by atoms with Gasteiger partial charge < -0.3 is 20.3 Å². The quantitative estimate of drug-likeness (QED) is 0.173. The number of aromatic carboxylic acids is 1. The minimum atomic E-state index is -1.19. The Kier molecular flexibility index (Phi) is 16.8. The van der Waals surface area contributed by atoms with E-state index in [1.807, 2.05) is 0 Å². The molecular weight excluding hydrogens is 418 g/mol. The number of aromatic hydroxyl groups is 1. The third kappa shape index (κ3) is 15.3. The van der Waals surface area contributed by atoms with Crippen molar-refractivity contribution in [1.82, 2.24) is 5.32 Å². The van der Waals surface area contributed by atoms with Crippen molar-refractivity contribution in [3.63, 3.8) is 0 Å². The van der Waals surface area contributed by atoms with Gasteiger partial charge in [0.2, 0.25) is 5.91 Å². The highest BCUT2D eigenvalue weighted by Crippen LogP contribution is 2.23. The lowest BCUT2D eigenvalue weighted by Gasteiger charge is -2.09. The summed E-state index contributed by atoms with van der Waals surface area (Å²) >= 11 is 0. The van der Waals surface area contributed by atoms with E-state index in [2.05, 4.69) is 12.2 Å². The number of amides is 1.